The summed E-state index contributed by atoms with van der Waals surface area (Å²) in [6.07, 6.45) is 4.06. The van der Waals surface area contributed by atoms with Crippen LogP contribution in [0.3, 0.4) is 0 Å². The summed E-state index contributed by atoms with van der Waals surface area (Å²) in [5.74, 6) is 1.07. The number of allylic oxidation sites excluding steroid dienone is 1. The van der Waals surface area contributed by atoms with E-state index in [2.05, 4.69) is 13.5 Å². The second-order valence-electron chi connectivity index (χ2n) is 4.13. The van der Waals surface area contributed by atoms with E-state index in [0.717, 1.165) is 19.3 Å². The molecule has 2 aliphatic rings. The van der Waals surface area contributed by atoms with Crippen LogP contribution < -0.4 is 0 Å². The molecule has 0 aromatic rings. The maximum atomic E-state index is 11.5. The Hall–Kier alpha value is -0.590. The first-order chi connectivity index (χ1) is 5.15. The summed E-state index contributed by atoms with van der Waals surface area (Å²) in [7, 11) is 0. The molecule has 0 aromatic heterocycles. The molecule has 0 amide bonds. The fourth-order valence-corrected chi connectivity index (χ4v) is 2.13. The van der Waals surface area contributed by atoms with Gasteiger partial charge in [-0.05, 0) is 25.2 Å². The van der Waals surface area contributed by atoms with Gasteiger partial charge in [0.2, 0.25) is 0 Å². The van der Waals surface area contributed by atoms with Gasteiger partial charge in [0.05, 0.1) is 5.41 Å². The van der Waals surface area contributed by atoms with Crippen molar-refractivity contribution >= 4 is 5.78 Å². The van der Waals surface area contributed by atoms with E-state index in [9.17, 15) is 4.79 Å². The van der Waals surface area contributed by atoms with E-state index >= 15 is 0 Å². The Bertz CT molecular complexity index is 229. The van der Waals surface area contributed by atoms with Crippen molar-refractivity contribution in [1.29, 1.82) is 0 Å². The maximum Gasteiger partial charge on any atom is 0.143 e. The first-order valence-corrected chi connectivity index (χ1v) is 4.37. The molecule has 2 atom stereocenters. The van der Waals surface area contributed by atoms with E-state index in [4.69, 9.17) is 0 Å². The Morgan fingerprint density at radius 2 is 2.27 bits per heavy atom. The number of ketones is 1. The smallest absolute Gasteiger partial charge is 0.143 e. The van der Waals surface area contributed by atoms with Crippen molar-refractivity contribution in [2.75, 3.05) is 0 Å². The average molecular weight is 150 g/mol. The summed E-state index contributed by atoms with van der Waals surface area (Å²) in [6, 6.07) is 0. The highest BCUT2D eigenvalue weighted by Crippen LogP contribution is 2.58. The number of carbonyl (C=O) groups is 1. The summed E-state index contributed by atoms with van der Waals surface area (Å²) in [6.45, 7) is 6.06. The zero-order chi connectivity index (χ0) is 8.06. The second kappa shape index (κ2) is 1.96. The van der Waals surface area contributed by atoms with Gasteiger partial charge in [0.1, 0.15) is 5.78 Å². The van der Waals surface area contributed by atoms with Gasteiger partial charge in [-0.15, -0.1) is 0 Å². The standard InChI is InChI=1S/C10H14O/c1-7-3-4-10(6-8(10)2)9(11)5-7/h7H,2-6H2,1H3. The molecule has 0 aliphatic heterocycles. The Labute approximate surface area is 67.5 Å². The van der Waals surface area contributed by atoms with Crippen molar-refractivity contribution in [3.63, 3.8) is 0 Å². The number of hydrogen-bond acceptors (Lipinski definition) is 1. The monoisotopic (exact) mass is 150 g/mol. The SMILES string of the molecule is C=C1CC12CCC(C)CC2=O. The molecule has 0 bridgehead atoms. The Morgan fingerprint density at radius 1 is 1.64 bits per heavy atom. The molecule has 11 heavy (non-hydrogen) atoms. The predicted molar refractivity (Wildman–Crippen MR) is 44.2 cm³/mol. The molecule has 1 nitrogen and oxygen atoms in total. The summed E-state index contributed by atoms with van der Waals surface area (Å²) in [5, 5.41) is 0. The first-order valence-electron chi connectivity index (χ1n) is 4.37. The fourth-order valence-electron chi connectivity index (χ4n) is 2.13. The van der Waals surface area contributed by atoms with Crippen LogP contribution in [0.5, 0.6) is 0 Å². The molecule has 2 unspecified atom stereocenters. The van der Waals surface area contributed by atoms with E-state index in [1.54, 1.807) is 0 Å². The van der Waals surface area contributed by atoms with Crippen LogP contribution in [0.1, 0.15) is 32.6 Å². The largest absolute Gasteiger partial charge is 0.299 e. The molecular formula is C10H14O. The maximum absolute atomic E-state index is 11.5. The third-order valence-corrected chi connectivity index (χ3v) is 3.20. The van der Waals surface area contributed by atoms with Crippen molar-refractivity contribution < 1.29 is 4.79 Å². The Kier molecular flexibility index (Phi) is 1.26. The van der Waals surface area contributed by atoms with Gasteiger partial charge in [-0.1, -0.05) is 19.1 Å². The van der Waals surface area contributed by atoms with Crippen molar-refractivity contribution in [2.45, 2.75) is 32.6 Å². The zero-order valence-corrected chi connectivity index (χ0v) is 7.02. The van der Waals surface area contributed by atoms with Gasteiger partial charge in [0.15, 0.2) is 0 Å². The van der Waals surface area contributed by atoms with Crippen LogP contribution in [0, 0.1) is 11.3 Å². The molecule has 0 radical (unpaired) electrons. The van der Waals surface area contributed by atoms with Gasteiger partial charge >= 0.3 is 0 Å². The molecule has 1 spiro atoms. The fraction of sp³-hybridized carbons (Fsp3) is 0.700. The van der Waals surface area contributed by atoms with Crippen molar-refractivity contribution in [1.82, 2.24) is 0 Å². The lowest BCUT2D eigenvalue weighted by Gasteiger charge is -2.23. The topological polar surface area (TPSA) is 17.1 Å². The Morgan fingerprint density at radius 3 is 2.73 bits per heavy atom. The van der Waals surface area contributed by atoms with Crippen LogP contribution in [0.2, 0.25) is 0 Å². The minimum absolute atomic E-state index is 0.00743. The van der Waals surface area contributed by atoms with Gasteiger partial charge in [-0.2, -0.15) is 0 Å². The van der Waals surface area contributed by atoms with E-state index < -0.39 is 0 Å². The van der Waals surface area contributed by atoms with Crippen molar-refractivity contribution in [3.05, 3.63) is 12.2 Å². The third kappa shape index (κ3) is 0.867. The summed E-state index contributed by atoms with van der Waals surface area (Å²) in [4.78, 5) is 11.5. The quantitative estimate of drug-likeness (QED) is 0.484. The van der Waals surface area contributed by atoms with Gasteiger partial charge in [-0.25, -0.2) is 0 Å². The molecule has 1 heteroatoms. The lowest BCUT2D eigenvalue weighted by Crippen LogP contribution is -2.24. The Balaban J connectivity index is 2.15. The van der Waals surface area contributed by atoms with E-state index in [0.29, 0.717) is 11.7 Å². The van der Waals surface area contributed by atoms with Crippen LogP contribution in [0.15, 0.2) is 12.2 Å². The minimum Gasteiger partial charge on any atom is -0.299 e. The highest BCUT2D eigenvalue weighted by molar-refractivity contribution is 5.93. The van der Waals surface area contributed by atoms with Crippen molar-refractivity contribution in [2.24, 2.45) is 11.3 Å². The molecular weight excluding hydrogens is 136 g/mol. The molecule has 2 aliphatic carbocycles. The molecule has 0 saturated heterocycles. The minimum atomic E-state index is -0.00743. The van der Waals surface area contributed by atoms with Crippen LogP contribution >= 0.6 is 0 Å². The van der Waals surface area contributed by atoms with Gasteiger partial charge in [0.25, 0.3) is 0 Å². The number of rotatable bonds is 0. The van der Waals surface area contributed by atoms with Gasteiger partial charge in [0, 0.05) is 6.42 Å². The lowest BCUT2D eigenvalue weighted by molar-refractivity contribution is -0.126. The zero-order valence-electron chi connectivity index (χ0n) is 7.02. The summed E-state index contributed by atoms with van der Waals surface area (Å²) < 4.78 is 0. The normalized spacial score (nSPS) is 43.2. The molecule has 2 fully saturated rings. The van der Waals surface area contributed by atoms with Crippen LogP contribution in [0.25, 0.3) is 0 Å². The highest BCUT2D eigenvalue weighted by Gasteiger charge is 2.54. The van der Waals surface area contributed by atoms with Crippen LogP contribution in [-0.4, -0.2) is 5.78 Å². The number of carbonyl (C=O) groups excluding carboxylic acids is 1. The predicted octanol–water partition coefficient (Wildman–Crippen LogP) is 2.32. The van der Waals surface area contributed by atoms with Gasteiger partial charge < -0.3 is 0 Å². The molecule has 0 heterocycles. The van der Waals surface area contributed by atoms with Crippen LogP contribution in [-0.2, 0) is 4.79 Å². The highest BCUT2D eigenvalue weighted by atomic mass is 16.1. The summed E-state index contributed by atoms with van der Waals surface area (Å²) in [5.41, 5.74) is 1.18. The number of Topliss-reactive ketones (excluding diaryl/α,β-unsaturated/α-hetero) is 1. The molecule has 2 saturated carbocycles. The lowest BCUT2D eigenvalue weighted by atomic mass is 9.79. The molecule has 0 aromatic carbocycles. The van der Waals surface area contributed by atoms with E-state index in [1.807, 2.05) is 0 Å². The second-order valence-corrected chi connectivity index (χ2v) is 4.13. The molecule has 2 rings (SSSR count). The number of hydrogen-bond donors (Lipinski definition) is 0. The summed E-state index contributed by atoms with van der Waals surface area (Å²) >= 11 is 0. The first kappa shape index (κ1) is 7.08. The van der Waals surface area contributed by atoms with E-state index in [-0.39, 0.29) is 5.41 Å². The van der Waals surface area contributed by atoms with Gasteiger partial charge in [-0.3, -0.25) is 4.79 Å². The average Bonchev–Trinajstić information content (AvgIpc) is 2.56. The third-order valence-electron chi connectivity index (χ3n) is 3.20. The van der Waals surface area contributed by atoms with E-state index in [1.165, 1.54) is 12.0 Å². The van der Waals surface area contributed by atoms with Crippen molar-refractivity contribution in [3.8, 4) is 0 Å². The molecule has 60 valence electrons. The van der Waals surface area contributed by atoms with Crippen LogP contribution in [0.4, 0.5) is 0 Å². The molecule has 0 N–H and O–H groups in total.